The van der Waals surface area contributed by atoms with Crippen molar-refractivity contribution in [2.75, 3.05) is 27.2 Å². The molecule has 82 valence electrons. The number of likely N-dealkylation sites (N-methyl/N-ethyl adjacent to an activating group) is 1. The predicted molar refractivity (Wildman–Crippen MR) is 56.9 cm³/mol. The van der Waals surface area contributed by atoms with E-state index in [-0.39, 0.29) is 11.9 Å². The average molecular weight is 199 g/mol. The Labute approximate surface area is 86.0 Å². The van der Waals surface area contributed by atoms with E-state index >= 15 is 0 Å². The lowest BCUT2D eigenvalue weighted by Crippen LogP contribution is -2.51. The molecule has 4 heteroatoms. The van der Waals surface area contributed by atoms with Crippen LogP contribution in [-0.2, 0) is 4.79 Å². The van der Waals surface area contributed by atoms with Crippen LogP contribution in [0.15, 0.2) is 0 Å². The molecule has 0 aromatic rings. The largest absolute Gasteiger partial charge is 0.340 e. The molecule has 0 spiro atoms. The second kappa shape index (κ2) is 4.75. The Hall–Kier alpha value is -0.610. The molecule has 0 aromatic carbocycles. The van der Waals surface area contributed by atoms with Crippen LogP contribution in [0, 0.1) is 0 Å². The van der Waals surface area contributed by atoms with Crippen LogP contribution in [0.2, 0.25) is 0 Å². The van der Waals surface area contributed by atoms with Crippen LogP contribution < -0.4 is 5.73 Å². The fourth-order valence-corrected chi connectivity index (χ4v) is 1.63. The van der Waals surface area contributed by atoms with Crippen molar-refractivity contribution in [3.05, 3.63) is 0 Å². The van der Waals surface area contributed by atoms with Crippen LogP contribution >= 0.6 is 0 Å². The van der Waals surface area contributed by atoms with Gasteiger partial charge in [0.2, 0.25) is 5.91 Å². The summed E-state index contributed by atoms with van der Waals surface area (Å²) in [4.78, 5) is 15.7. The van der Waals surface area contributed by atoms with Crippen LogP contribution in [0.5, 0.6) is 0 Å². The first-order valence-electron chi connectivity index (χ1n) is 5.23. The van der Waals surface area contributed by atoms with Crippen molar-refractivity contribution >= 4 is 5.91 Å². The lowest BCUT2D eigenvalue weighted by molar-refractivity contribution is -0.135. The molecule has 2 N–H and O–H groups in total. The molecule has 1 saturated heterocycles. The lowest BCUT2D eigenvalue weighted by Gasteiger charge is -2.34. The third kappa shape index (κ3) is 2.69. The van der Waals surface area contributed by atoms with Gasteiger partial charge in [-0.3, -0.25) is 4.79 Å². The first-order valence-corrected chi connectivity index (χ1v) is 5.23. The van der Waals surface area contributed by atoms with Crippen LogP contribution in [0.3, 0.4) is 0 Å². The Bertz CT molecular complexity index is 206. The number of nitrogens with zero attached hydrogens (tertiary/aromatic N) is 2. The van der Waals surface area contributed by atoms with E-state index < -0.39 is 0 Å². The number of piperidine rings is 1. The maximum absolute atomic E-state index is 11.7. The number of hydrogen-bond donors (Lipinski definition) is 1. The van der Waals surface area contributed by atoms with Gasteiger partial charge in [0.1, 0.15) is 0 Å². The van der Waals surface area contributed by atoms with E-state index in [9.17, 15) is 4.79 Å². The topological polar surface area (TPSA) is 49.6 Å². The highest BCUT2D eigenvalue weighted by Crippen LogP contribution is 2.11. The van der Waals surface area contributed by atoms with Gasteiger partial charge >= 0.3 is 0 Å². The van der Waals surface area contributed by atoms with Gasteiger partial charge in [-0.05, 0) is 33.9 Å². The molecule has 1 amide bonds. The molecular weight excluding hydrogens is 178 g/mol. The van der Waals surface area contributed by atoms with E-state index in [4.69, 9.17) is 5.73 Å². The number of amides is 1. The minimum absolute atomic E-state index is 0.116. The van der Waals surface area contributed by atoms with Crippen LogP contribution in [0.1, 0.15) is 19.8 Å². The van der Waals surface area contributed by atoms with Gasteiger partial charge in [-0.2, -0.15) is 0 Å². The Kier molecular flexibility index (Phi) is 3.89. The number of carbonyl (C=O) groups excluding carboxylic acids is 1. The molecule has 1 aliphatic heterocycles. The Balaban J connectivity index is 2.47. The Morgan fingerprint density at radius 3 is 2.86 bits per heavy atom. The zero-order valence-electron chi connectivity index (χ0n) is 9.36. The summed E-state index contributed by atoms with van der Waals surface area (Å²) in [6.45, 7) is 3.78. The van der Waals surface area contributed by atoms with E-state index in [0.717, 1.165) is 25.9 Å². The van der Waals surface area contributed by atoms with Crippen LogP contribution in [-0.4, -0.2) is 55.0 Å². The van der Waals surface area contributed by atoms with Gasteiger partial charge in [0, 0.05) is 19.1 Å². The highest BCUT2D eigenvalue weighted by molar-refractivity contribution is 5.82. The van der Waals surface area contributed by atoms with E-state index in [2.05, 4.69) is 11.8 Å². The van der Waals surface area contributed by atoms with Crippen molar-refractivity contribution in [3.8, 4) is 0 Å². The maximum Gasteiger partial charge on any atom is 0.239 e. The number of likely N-dealkylation sites (tertiary alicyclic amines) is 1. The first-order chi connectivity index (χ1) is 6.52. The minimum Gasteiger partial charge on any atom is -0.340 e. The highest BCUT2D eigenvalue weighted by atomic mass is 16.2. The Morgan fingerprint density at radius 1 is 1.64 bits per heavy atom. The molecule has 0 radical (unpaired) electrons. The second-order valence-electron chi connectivity index (χ2n) is 4.35. The molecule has 14 heavy (non-hydrogen) atoms. The third-order valence-corrected chi connectivity index (χ3v) is 2.94. The van der Waals surface area contributed by atoms with Crippen molar-refractivity contribution in [2.24, 2.45) is 5.73 Å². The van der Waals surface area contributed by atoms with E-state index in [0.29, 0.717) is 6.04 Å². The molecule has 1 aliphatic rings. The quantitative estimate of drug-likeness (QED) is 0.690. The molecule has 0 aliphatic carbocycles. The van der Waals surface area contributed by atoms with Crippen molar-refractivity contribution in [1.82, 2.24) is 9.80 Å². The van der Waals surface area contributed by atoms with Gasteiger partial charge in [0.25, 0.3) is 0 Å². The summed E-state index contributed by atoms with van der Waals surface area (Å²) in [6.07, 6.45) is 1.87. The molecule has 1 fully saturated rings. The van der Waals surface area contributed by atoms with Crippen molar-refractivity contribution in [2.45, 2.75) is 31.8 Å². The van der Waals surface area contributed by atoms with Gasteiger partial charge in [-0.1, -0.05) is 0 Å². The van der Waals surface area contributed by atoms with Crippen LogP contribution in [0.25, 0.3) is 0 Å². The molecule has 1 heterocycles. The van der Waals surface area contributed by atoms with Gasteiger partial charge in [0.05, 0.1) is 6.04 Å². The summed E-state index contributed by atoms with van der Waals surface area (Å²) < 4.78 is 0. The summed E-state index contributed by atoms with van der Waals surface area (Å²) >= 11 is 0. The smallest absolute Gasteiger partial charge is 0.239 e. The molecule has 1 rings (SSSR count). The molecule has 2 atom stereocenters. The van der Waals surface area contributed by atoms with Crippen molar-refractivity contribution in [3.63, 3.8) is 0 Å². The molecule has 0 aromatic heterocycles. The fraction of sp³-hybridized carbons (Fsp3) is 0.900. The molecule has 4 nitrogen and oxygen atoms in total. The summed E-state index contributed by atoms with van der Waals surface area (Å²) in [5, 5.41) is 0. The number of carbonyl (C=O) groups is 1. The second-order valence-corrected chi connectivity index (χ2v) is 4.35. The molecule has 0 bridgehead atoms. The van der Waals surface area contributed by atoms with E-state index in [1.165, 1.54) is 0 Å². The van der Waals surface area contributed by atoms with Gasteiger partial charge in [-0.25, -0.2) is 0 Å². The summed E-state index contributed by atoms with van der Waals surface area (Å²) in [5.41, 5.74) is 5.72. The molecule has 0 saturated carbocycles. The SMILES string of the molecule is CC(CN1CCCC(N)C1=O)N(C)C. The van der Waals surface area contributed by atoms with Gasteiger partial charge in [0.15, 0.2) is 0 Å². The third-order valence-electron chi connectivity index (χ3n) is 2.94. The van der Waals surface area contributed by atoms with E-state index in [1.54, 1.807) is 0 Å². The van der Waals surface area contributed by atoms with Gasteiger partial charge < -0.3 is 15.5 Å². The van der Waals surface area contributed by atoms with Crippen molar-refractivity contribution in [1.29, 1.82) is 0 Å². The highest BCUT2D eigenvalue weighted by Gasteiger charge is 2.26. The van der Waals surface area contributed by atoms with Gasteiger partial charge in [-0.15, -0.1) is 0 Å². The van der Waals surface area contributed by atoms with E-state index in [1.807, 2.05) is 19.0 Å². The summed E-state index contributed by atoms with van der Waals surface area (Å²) in [6, 6.07) is 0.127. The lowest BCUT2D eigenvalue weighted by atomic mass is 10.1. The predicted octanol–water partition coefficient (Wildman–Crippen LogP) is -0.114. The standard InChI is InChI=1S/C10H21N3O/c1-8(12(2)3)7-13-6-4-5-9(11)10(13)14/h8-9H,4-7,11H2,1-3H3. The first kappa shape index (κ1) is 11.5. The zero-order valence-corrected chi connectivity index (χ0v) is 9.36. The number of hydrogen-bond acceptors (Lipinski definition) is 3. The molecule has 2 unspecified atom stereocenters. The normalized spacial score (nSPS) is 25.6. The fourth-order valence-electron chi connectivity index (χ4n) is 1.63. The van der Waals surface area contributed by atoms with Crippen molar-refractivity contribution < 1.29 is 4.79 Å². The monoisotopic (exact) mass is 199 g/mol. The summed E-state index contributed by atoms with van der Waals surface area (Å²) in [7, 11) is 4.05. The average Bonchev–Trinajstić information content (AvgIpc) is 2.12. The van der Waals surface area contributed by atoms with Crippen LogP contribution in [0.4, 0.5) is 0 Å². The molecular formula is C10H21N3O. The maximum atomic E-state index is 11.7. The number of nitrogens with two attached hydrogens (primary N) is 1. The summed E-state index contributed by atoms with van der Waals surface area (Å²) in [5.74, 6) is 0.116. The number of rotatable bonds is 3. The zero-order chi connectivity index (χ0) is 10.7. The minimum atomic E-state index is -0.266. The Morgan fingerprint density at radius 2 is 2.29 bits per heavy atom.